The summed E-state index contributed by atoms with van der Waals surface area (Å²) in [6.07, 6.45) is 0. The second kappa shape index (κ2) is 8.77. The van der Waals surface area contributed by atoms with E-state index in [2.05, 4.69) is 88.0 Å². The molecule has 0 saturated heterocycles. The smallest absolute Gasteiger partial charge is 0.140 e. The third-order valence-electron chi connectivity index (χ3n) is 8.37. The molecule has 0 N–H and O–H groups in total. The Bertz CT molecular complexity index is 2640. The quantitative estimate of drug-likeness (QED) is 0.210. The van der Waals surface area contributed by atoms with Crippen LogP contribution in [0.2, 0.25) is 0 Å². The minimum atomic E-state index is 0.577. The van der Waals surface area contributed by atoms with Crippen LogP contribution in [-0.2, 0) is 0 Å². The third-order valence-corrected chi connectivity index (χ3v) is 9.51. The molecule has 5 aromatic carbocycles. The van der Waals surface area contributed by atoms with E-state index < -0.39 is 0 Å². The van der Waals surface area contributed by atoms with Crippen molar-refractivity contribution < 1.29 is 0 Å². The number of hydrogen-bond acceptors (Lipinski definition) is 4. The van der Waals surface area contributed by atoms with E-state index in [9.17, 15) is 10.5 Å². The molecule has 0 saturated carbocycles. The number of hydrogen-bond donors (Lipinski definition) is 0. The standard InChI is InChI=1S/C37H19N5S/c38-20-22-12-14-31-26(16-22)27-17-23(21-39)13-15-32(27)41(31)36-10-5-11-37(40-36)42-30-8-3-1-6-24(30)28-18-29-25-7-2-4-9-34(25)43-35(29)19-33(28)42/h1-19H. The zero-order valence-electron chi connectivity index (χ0n) is 22.6. The van der Waals surface area contributed by atoms with E-state index in [1.165, 1.54) is 30.9 Å². The number of fused-ring (bicyclic) bond motifs is 9. The van der Waals surface area contributed by atoms with E-state index in [0.29, 0.717) is 11.1 Å². The second-order valence-corrected chi connectivity index (χ2v) is 11.8. The number of nitrogens with zero attached hydrogens (tertiary/aromatic N) is 5. The van der Waals surface area contributed by atoms with Gasteiger partial charge in [0.15, 0.2) is 0 Å². The summed E-state index contributed by atoms with van der Waals surface area (Å²) < 4.78 is 6.91. The van der Waals surface area contributed by atoms with Crippen LogP contribution in [0.5, 0.6) is 0 Å². The summed E-state index contributed by atoms with van der Waals surface area (Å²) in [6.45, 7) is 0. The monoisotopic (exact) mass is 565 g/mol. The van der Waals surface area contributed by atoms with Crippen molar-refractivity contribution in [2.45, 2.75) is 0 Å². The minimum Gasteiger partial charge on any atom is -0.294 e. The molecule has 0 spiro atoms. The molecule has 4 heterocycles. The van der Waals surface area contributed by atoms with Crippen LogP contribution in [0.15, 0.2) is 115 Å². The van der Waals surface area contributed by atoms with E-state index in [1.807, 2.05) is 59.9 Å². The van der Waals surface area contributed by atoms with Crippen LogP contribution < -0.4 is 0 Å². The largest absolute Gasteiger partial charge is 0.294 e. The van der Waals surface area contributed by atoms with E-state index in [-0.39, 0.29) is 0 Å². The molecular weight excluding hydrogens is 547 g/mol. The van der Waals surface area contributed by atoms with Crippen molar-refractivity contribution in [1.82, 2.24) is 14.1 Å². The Hall–Kier alpha value is -5.95. The first-order valence-electron chi connectivity index (χ1n) is 13.9. The molecule has 0 aliphatic rings. The maximum atomic E-state index is 9.59. The van der Waals surface area contributed by atoms with Gasteiger partial charge in [0.1, 0.15) is 11.6 Å². The maximum Gasteiger partial charge on any atom is 0.140 e. The molecule has 9 rings (SSSR count). The maximum absolute atomic E-state index is 9.59. The number of nitriles is 2. The molecule has 43 heavy (non-hydrogen) atoms. The Morgan fingerprint density at radius 1 is 0.465 bits per heavy atom. The van der Waals surface area contributed by atoms with Gasteiger partial charge in [0, 0.05) is 41.7 Å². The van der Waals surface area contributed by atoms with Gasteiger partial charge in [-0.2, -0.15) is 10.5 Å². The summed E-state index contributed by atoms with van der Waals surface area (Å²) in [5.74, 6) is 1.59. The highest BCUT2D eigenvalue weighted by molar-refractivity contribution is 7.25. The molecule has 0 aliphatic carbocycles. The number of rotatable bonds is 2. The van der Waals surface area contributed by atoms with Gasteiger partial charge in [-0.1, -0.05) is 42.5 Å². The number of benzene rings is 5. The molecule has 0 atom stereocenters. The first-order valence-corrected chi connectivity index (χ1v) is 14.7. The van der Waals surface area contributed by atoms with E-state index in [4.69, 9.17) is 4.98 Å². The molecule has 5 nitrogen and oxygen atoms in total. The Morgan fingerprint density at radius 3 is 1.74 bits per heavy atom. The zero-order chi connectivity index (χ0) is 28.7. The van der Waals surface area contributed by atoms with Gasteiger partial charge in [0.25, 0.3) is 0 Å². The SMILES string of the molecule is N#Cc1ccc2c(c1)c1cc(C#N)ccc1n2-c1cccc(-n2c3ccccc3c3cc4c(cc32)sc2ccccc24)n1. The van der Waals surface area contributed by atoms with Crippen molar-refractivity contribution in [2.75, 3.05) is 0 Å². The molecule has 0 radical (unpaired) electrons. The third kappa shape index (κ3) is 3.33. The summed E-state index contributed by atoms with van der Waals surface area (Å²) in [6, 6.07) is 43.7. The first kappa shape index (κ1) is 23.7. The lowest BCUT2D eigenvalue weighted by Crippen LogP contribution is -2.03. The van der Waals surface area contributed by atoms with Crippen molar-refractivity contribution in [3.05, 3.63) is 126 Å². The van der Waals surface area contributed by atoms with Gasteiger partial charge in [-0.3, -0.25) is 9.13 Å². The van der Waals surface area contributed by atoms with Crippen molar-refractivity contribution in [2.24, 2.45) is 0 Å². The van der Waals surface area contributed by atoms with Gasteiger partial charge in [-0.25, -0.2) is 4.98 Å². The van der Waals surface area contributed by atoms with E-state index in [1.54, 1.807) is 0 Å². The van der Waals surface area contributed by atoms with Crippen molar-refractivity contribution in [3.63, 3.8) is 0 Å². The van der Waals surface area contributed by atoms with Crippen molar-refractivity contribution >= 4 is 75.1 Å². The number of para-hydroxylation sites is 1. The molecule has 4 aromatic heterocycles. The van der Waals surface area contributed by atoms with Crippen molar-refractivity contribution in [3.8, 4) is 23.8 Å². The fourth-order valence-electron chi connectivity index (χ4n) is 6.50. The van der Waals surface area contributed by atoms with E-state index in [0.717, 1.165) is 44.5 Å². The van der Waals surface area contributed by atoms with Crippen LogP contribution >= 0.6 is 11.3 Å². The Morgan fingerprint density at radius 2 is 1.05 bits per heavy atom. The fraction of sp³-hybridized carbons (Fsp3) is 0. The summed E-state index contributed by atoms with van der Waals surface area (Å²) >= 11 is 1.82. The molecule has 0 aliphatic heterocycles. The Kier molecular flexibility index (Phi) is 4.84. The van der Waals surface area contributed by atoms with Gasteiger partial charge < -0.3 is 0 Å². The summed E-state index contributed by atoms with van der Waals surface area (Å²) in [5.41, 5.74) is 5.24. The summed E-state index contributed by atoms with van der Waals surface area (Å²) in [7, 11) is 0. The summed E-state index contributed by atoms with van der Waals surface area (Å²) in [5, 5.41) is 26.0. The number of thiophene rings is 1. The van der Waals surface area contributed by atoms with Gasteiger partial charge in [-0.15, -0.1) is 11.3 Å². The first-order chi connectivity index (χ1) is 21.2. The van der Waals surface area contributed by atoms with Gasteiger partial charge in [0.05, 0.1) is 45.3 Å². The van der Waals surface area contributed by atoms with Crippen LogP contribution in [0, 0.1) is 22.7 Å². The predicted molar refractivity (Wildman–Crippen MR) is 175 cm³/mol. The molecule has 0 amide bonds. The Balaban J connectivity index is 1.34. The highest BCUT2D eigenvalue weighted by Crippen LogP contribution is 2.40. The van der Waals surface area contributed by atoms with Gasteiger partial charge in [0.2, 0.25) is 0 Å². The average Bonchev–Trinajstić information content (AvgIpc) is 3.70. The average molecular weight is 566 g/mol. The molecule has 6 heteroatoms. The van der Waals surface area contributed by atoms with Gasteiger partial charge >= 0.3 is 0 Å². The normalized spacial score (nSPS) is 11.7. The van der Waals surface area contributed by atoms with Crippen LogP contribution in [0.3, 0.4) is 0 Å². The highest BCUT2D eigenvalue weighted by Gasteiger charge is 2.18. The minimum absolute atomic E-state index is 0.577. The molecule has 0 unspecified atom stereocenters. The molecule has 9 aromatic rings. The topological polar surface area (TPSA) is 70.3 Å². The lowest BCUT2D eigenvalue weighted by molar-refractivity contribution is 1.01. The van der Waals surface area contributed by atoms with Crippen LogP contribution in [0.1, 0.15) is 11.1 Å². The van der Waals surface area contributed by atoms with Crippen LogP contribution in [0.4, 0.5) is 0 Å². The number of pyridine rings is 1. The lowest BCUT2D eigenvalue weighted by Gasteiger charge is -2.11. The predicted octanol–water partition coefficient (Wildman–Crippen LogP) is 9.39. The van der Waals surface area contributed by atoms with Crippen LogP contribution in [-0.4, -0.2) is 14.1 Å². The van der Waals surface area contributed by atoms with E-state index >= 15 is 0 Å². The number of aromatic nitrogens is 3. The Labute approximate surface area is 249 Å². The fourth-order valence-corrected chi connectivity index (χ4v) is 7.63. The van der Waals surface area contributed by atoms with Crippen LogP contribution in [0.25, 0.3) is 75.4 Å². The molecule has 0 fully saturated rings. The highest BCUT2D eigenvalue weighted by atomic mass is 32.1. The zero-order valence-corrected chi connectivity index (χ0v) is 23.4. The summed E-state index contributed by atoms with van der Waals surface area (Å²) in [4.78, 5) is 5.27. The van der Waals surface area contributed by atoms with Gasteiger partial charge in [-0.05, 0) is 72.8 Å². The molecular formula is C37H19N5S. The lowest BCUT2D eigenvalue weighted by atomic mass is 10.1. The second-order valence-electron chi connectivity index (χ2n) is 10.7. The molecule has 0 bridgehead atoms. The molecule has 198 valence electrons. The van der Waals surface area contributed by atoms with Crippen molar-refractivity contribution in [1.29, 1.82) is 10.5 Å².